The third-order valence-corrected chi connectivity index (χ3v) is 5.53. The van der Waals surface area contributed by atoms with Crippen LogP contribution in [0.4, 0.5) is 0 Å². The molecular formula is C17H31N3O. The van der Waals surface area contributed by atoms with Crippen LogP contribution in [0.2, 0.25) is 0 Å². The highest BCUT2D eigenvalue weighted by atomic mass is 16.2. The van der Waals surface area contributed by atoms with Crippen molar-refractivity contribution in [2.24, 2.45) is 5.92 Å². The summed E-state index contributed by atoms with van der Waals surface area (Å²) in [5.74, 6) is 1.27. The SMILES string of the molecule is O=C(C1CCCCN1)N1CCN(CC2CCCCC2)CC1. The number of piperidine rings is 1. The highest BCUT2D eigenvalue weighted by molar-refractivity contribution is 5.82. The largest absolute Gasteiger partial charge is 0.339 e. The molecule has 1 saturated carbocycles. The minimum Gasteiger partial charge on any atom is -0.339 e. The Bertz CT molecular complexity index is 327. The van der Waals surface area contributed by atoms with Crippen molar-refractivity contribution in [2.45, 2.75) is 57.4 Å². The molecule has 0 aromatic heterocycles. The maximum Gasteiger partial charge on any atom is 0.239 e. The number of carbonyl (C=O) groups excluding carboxylic acids is 1. The molecule has 3 fully saturated rings. The zero-order valence-corrected chi connectivity index (χ0v) is 13.4. The molecule has 4 heteroatoms. The molecule has 0 spiro atoms. The Morgan fingerprint density at radius 2 is 1.62 bits per heavy atom. The van der Waals surface area contributed by atoms with E-state index in [-0.39, 0.29) is 6.04 Å². The maximum atomic E-state index is 12.5. The van der Waals surface area contributed by atoms with E-state index >= 15 is 0 Å². The Morgan fingerprint density at radius 1 is 0.905 bits per heavy atom. The predicted molar refractivity (Wildman–Crippen MR) is 85.2 cm³/mol. The Kier molecular flexibility index (Phi) is 5.53. The summed E-state index contributed by atoms with van der Waals surface area (Å²) in [4.78, 5) is 17.2. The molecule has 1 N–H and O–H groups in total. The second-order valence-electron chi connectivity index (χ2n) is 7.13. The molecule has 0 aromatic carbocycles. The van der Waals surface area contributed by atoms with Crippen LogP contribution in [0.1, 0.15) is 51.4 Å². The number of nitrogens with zero attached hydrogens (tertiary/aromatic N) is 2. The summed E-state index contributed by atoms with van der Waals surface area (Å²) in [5.41, 5.74) is 0. The molecule has 1 atom stereocenters. The Hall–Kier alpha value is -0.610. The Labute approximate surface area is 129 Å². The summed E-state index contributed by atoms with van der Waals surface area (Å²) in [5, 5.41) is 3.39. The van der Waals surface area contributed by atoms with Gasteiger partial charge in [-0.15, -0.1) is 0 Å². The molecule has 2 aliphatic heterocycles. The second-order valence-corrected chi connectivity index (χ2v) is 7.13. The van der Waals surface area contributed by atoms with Gasteiger partial charge in [0.05, 0.1) is 6.04 Å². The van der Waals surface area contributed by atoms with Crippen LogP contribution in [-0.4, -0.2) is 61.0 Å². The van der Waals surface area contributed by atoms with Crippen molar-refractivity contribution in [1.29, 1.82) is 0 Å². The van der Waals surface area contributed by atoms with Crippen molar-refractivity contribution in [3.05, 3.63) is 0 Å². The van der Waals surface area contributed by atoms with Crippen LogP contribution in [0, 0.1) is 5.92 Å². The average Bonchev–Trinajstić information content (AvgIpc) is 2.57. The molecule has 21 heavy (non-hydrogen) atoms. The quantitative estimate of drug-likeness (QED) is 0.862. The van der Waals surface area contributed by atoms with Crippen LogP contribution in [-0.2, 0) is 4.79 Å². The number of hydrogen-bond acceptors (Lipinski definition) is 3. The minimum absolute atomic E-state index is 0.101. The molecule has 4 nitrogen and oxygen atoms in total. The first-order valence-electron chi connectivity index (χ1n) is 9.07. The number of hydrogen-bond donors (Lipinski definition) is 1. The topological polar surface area (TPSA) is 35.6 Å². The van der Waals surface area contributed by atoms with Gasteiger partial charge in [-0.2, -0.15) is 0 Å². The van der Waals surface area contributed by atoms with E-state index < -0.39 is 0 Å². The third-order valence-electron chi connectivity index (χ3n) is 5.53. The second kappa shape index (κ2) is 7.59. The van der Waals surface area contributed by atoms with Crippen molar-refractivity contribution < 1.29 is 4.79 Å². The van der Waals surface area contributed by atoms with E-state index in [9.17, 15) is 4.79 Å². The standard InChI is InChI=1S/C17H31N3O/c21-17(16-8-4-5-9-18-16)20-12-10-19(11-13-20)14-15-6-2-1-3-7-15/h15-16,18H,1-14H2. The summed E-state index contributed by atoms with van der Waals surface area (Å²) in [7, 11) is 0. The summed E-state index contributed by atoms with van der Waals surface area (Å²) in [6.45, 7) is 6.30. The number of nitrogens with one attached hydrogen (secondary N) is 1. The van der Waals surface area contributed by atoms with Crippen molar-refractivity contribution in [3.8, 4) is 0 Å². The Balaban J connectivity index is 1.40. The van der Waals surface area contributed by atoms with E-state index in [0.717, 1.165) is 45.1 Å². The molecular weight excluding hydrogens is 262 g/mol. The van der Waals surface area contributed by atoms with E-state index in [1.807, 2.05) is 0 Å². The van der Waals surface area contributed by atoms with Gasteiger partial charge in [0, 0.05) is 32.7 Å². The van der Waals surface area contributed by atoms with Gasteiger partial charge in [-0.3, -0.25) is 9.69 Å². The van der Waals surface area contributed by atoms with Crippen LogP contribution in [0.25, 0.3) is 0 Å². The lowest BCUT2D eigenvalue weighted by atomic mass is 9.89. The van der Waals surface area contributed by atoms with Crippen LogP contribution in [0.5, 0.6) is 0 Å². The average molecular weight is 293 g/mol. The van der Waals surface area contributed by atoms with Crippen LogP contribution in [0.15, 0.2) is 0 Å². The van der Waals surface area contributed by atoms with Crippen molar-refractivity contribution >= 4 is 5.91 Å². The number of carbonyl (C=O) groups is 1. The van der Waals surface area contributed by atoms with E-state index in [1.54, 1.807) is 0 Å². The molecule has 3 rings (SSSR count). The van der Waals surface area contributed by atoms with E-state index in [0.29, 0.717) is 5.91 Å². The Morgan fingerprint density at radius 3 is 2.29 bits per heavy atom. The molecule has 2 saturated heterocycles. The molecule has 0 radical (unpaired) electrons. The van der Waals surface area contributed by atoms with Crippen molar-refractivity contribution in [3.63, 3.8) is 0 Å². The molecule has 0 bridgehead atoms. The zero-order valence-electron chi connectivity index (χ0n) is 13.4. The molecule has 1 aliphatic carbocycles. The van der Waals surface area contributed by atoms with E-state index in [1.165, 1.54) is 51.5 Å². The van der Waals surface area contributed by atoms with Gasteiger partial charge in [-0.05, 0) is 38.1 Å². The normalized spacial score (nSPS) is 29.5. The first kappa shape index (κ1) is 15.3. The summed E-state index contributed by atoms with van der Waals surface area (Å²) < 4.78 is 0. The van der Waals surface area contributed by atoms with Gasteiger partial charge in [0.2, 0.25) is 5.91 Å². The van der Waals surface area contributed by atoms with Crippen LogP contribution in [0.3, 0.4) is 0 Å². The summed E-state index contributed by atoms with van der Waals surface area (Å²) in [6.07, 6.45) is 10.6. The smallest absolute Gasteiger partial charge is 0.239 e. The van der Waals surface area contributed by atoms with Gasteiger partial charge in [-0.25, -0.2) is 0 Å². The molecule has 2 heterocycles. The van der Waals surface area contributed by atoms with Crippen LogP contribution >= 0.6 is 0 Å². The lowest BCUT2D eigenvalue weighted by Gasteiger charge is -2.39. The summed E-state index contributed by atoms with van der Waals surface area (Å²) >= 11 is 0. The first-order chi connectivity index (χ1) is 10.3. The van der Waals surface area contributed by atoms with Gasteiger partial charge in [0.15, 0.2) is 0 Å². The molecule has 1 amide bonds. The molecule has 1 unspecified atom stereocenters. The zero-order chi connectivity index (χ0) is 14.5. The number of rotatable bonds is 3. The van der Waals surface area contributed by atoms with Gasteiger partial charge in [0.1, 0.15) is 0 Å². The van der Waals surface area contributed by atoms with Gasteiger partial charge in [0.25, 0.3) is 0 Å². The summed E-state index contributed by atoms with van der Waals surface area (Å²) in [6, 6.07) is 0.101. The molecule has 3 aliphatic rings. The van der Waals surface area contributed by atoms with Gasteiger partial charge < -0.3 is 10.2 Å². The van der Waals surface area contributed by atoms with E-state index in [4.69, 9.17) is 0 Å². The fourth-order valence-corrected chi connectivity index (χ4v) is 4.17. The fourth-order valence-electron chi connectivity index (χ4n) is 4.17. The third kappa shape index (κ3) is 4.19. The number of amides is 1. The van der Waals surface area contributed by atoms with Gasteiger partial charge >= 0.3 is 0 Å². The van der Waals surface area contributed by atoms with Crippen molar-refractivity contribution in [1.82, 2.24) is 15.1 Å². The van der Waals surface area contributed by atoms with Crippen molar-refractivity contribution in [2.75, 3.05) is 39.3 Å². The fraction of sp³-hybridized carbons (Fsp3) is 0.941. The van der Waals surface area contributed by atoms with E-state index in [2.05, 4.69) is 15.1 Å². The minimum atomic E-state index is 0.101. The molecule has 0 aromatic rings. The van der Waals surface area contributed by atoms with Crippen LogP contribution < -0.4 is 5.32 Å². The highest BCUT2D eigenvalue weighted by Gasteiger charge is 2.29. The monoisotopic (exact) mass is 293 g/mol. The first-order valence-corrected chi connectivity index (χ1v) is 9.07. The lowest BCUT2D eigenvalue weighted by molar-refractivity contribution is -0.135. The van der Waals surface area contributed by atoms with Gasteiger partial charge in [-0.1, -0.05) is 25.7 Å². The predicted octanol–water partition coefficient (Wildman–Crippen LogP) is 1.85. The lowest BCUT2D eigenvalue weighted by Crippen LogP contribution is -2.55. The highest BCUT2D eigenvalue weighted by Crippen LogP contribution is 2.24. The maximum absolute atomic E-state index is 12.5. The molecule has 120 valence electrons. The number of piperazine rings is 1.